The second-order valence-corrected chi connectivity index (χ2v) is 4.28. The molecule has 0 aliphatic heterocycles. The van der Waals surface area contributed by atoms with Crippen LogP contribution in [0, 0.1) is 0 Å². The predicted molar refractivity (Wildman–Crippen MR) is 66.1 cm³/mol. The lowest BCUT2D eigenvalue weighted by Crippen LogP contribution is -2.36. The normalized spacial score (nSPS) is 12.4. The summed E-state index contributed by atoms with van der Waals surface area (Å²) >= 11 is 0. The van der Waals surface area contributed by atoms with Crippen LogP contribution >= 0.6 is 0 Å². The molecule has 7 nitrogen and oxygen atoms in total. The van der Waals surface area contributed by atoms with Crippen molar-refractivity contribution in [3.8, 4) is 0 Å². The Morgan fingerprint density at radius 3 is 2.78 bits per heavy atom. The van der Waals surface area contributed by atoms with Crippen molar-refractivity contribution in [1.29, 1.82) is 0 Å². The lowest BCUT2D eigenvalue weighted by Gasteiger charge is -2.14. The van der Waals surface area contributed by atoms with Crippen LogP contribution in [0.1, 0.15) is 32.7 Å². The number of hydrogen-bond acceptors (Lipinski definition) is 4. The van der Waals surface area contributed by atoms with Crippen molar-refractivity contribution >= 4 is 17.7 Å². The van der Waals surface area contributed by atoms with Gasteiger partial charge in [-0.25, -0.2) is 4.68 Å². The first-order valence-electron chi connectivity index (χ1n) is 5.73. The third kappa shape index (κ3) is 3.85. The maximum Gasteiger partial charge on any atom is 0.303 e. The molecule has 1 rings (SSSR count). The molecule has 1 heterocycles. The highest BCUT2D eigenvalue weighted by atomic mass is 16.4. The highest BCUT2D eigenvalue weighted by Gasteiger charge is 2.17. The monoisotopic (exact) mass is 254 g/mol. The van der Waals surface area contributed by atoms with E-state index in [2.05, 4.69) is 10.4 Å². The maximum absolute atomic E-state index is 11.7. The van der Waals surface area contributed by atoms with Crippen LogP contribution in [0.3, 0.4) is 0 Å². The summed E-state index contributed by atoms with van der Waals surface area (Å²) in [7, 11) is 0. The number of carbonyl (C=O) groups excluding carboxylic acids is 1. The molecule has 0 aliphatic carbocycles. The summed E-state index contributed by atoms with van der Waals surface area (Å²) in [6, 6.07) is 0.948. The summed E-state index contributed by atoms with van der Waals surface area (Å²) < 4.78 is 1.65. The summed E-state index contributed by atoms with van der Waals surface area (Å²) in [4.78, 5) is 22.1. The van der Waals surface area contributed by atoms with Gasteiger partial charge in [0.15, 0.2) is 0 Å². The van der Waals surface area contributed by atoms with Crippen LogP contribution in [0.2, 0.25) is 0 Å². The molecule has 0 radical (unpaired) electrons. The van der Waals surface area contributed by atoms with Crippen molar-refractivity contribution in [2.24, 2.45) is 5.73 Å². The van der Waals surface area contributed by atoms with Gasteiger partial charge in [-0.05, 0) is 20.3 Å². The highest BCUT2D eigenvalue weighted by Crippen LogP contribution is 2.13. The molecule has 0 aliphatic rings. The molecule has 100 valence electrons. The number of nitrogens with two attached hydrogens (primary N) is 1. The number of rotatable bonds is 6. The molecular weight excluding hydrogens is 236 g/mol. The van der Waals surface area contributed by atoms with Crippen LogP contribution in [-0.2, 0) is 9.59 Å². The number of aromatic nitrogens is 2. The topological polar surface area (TPSA) is 110 Å². The molecule has 0 bridgehead atoms. The van der Waals surface area contributed by atoms with Crippen molar-refractivity contribution in [3.63, 3.8) is 0 Å². The molecule has 1 amide bonds. The Labute approximate surface area is 105 Å². The lowest BCUT2D eigenvalue weighted by molar-refractivity contribution is -0.137. The average molecular weight is 254 g/mol. The first-order valence-corrected chi connectivity index (χ1v) is 5.73. The standard InChI is InChI=1S/C11H18N4O3/c1-7(2)15-9(5-6-13-15)14-11(18)8(12)3-4-10(16)17/h5-8H,3-4,12H2,1-2H3,(H,14,18)(H,16,17). The van der Waals surface area contributed by atoms with E-state index in [1.165, 1.54) is 0 Å². The molecule has 18 heavy (non-hydrogen) atoms. The van der Waals surface area contributed by atoms with E-state index in [0.717, 1.165) is 0 Å². The van der Waals surface area contributed by atoms with Crippen molar-refractivity contribution in [2.45, 2.75) is 38.8 Å². The molecule has 0 aromatic carbocycles. The first kappa shape index (κ1) is 14.2. The molecule has 0 fully saturated rings. The van der Waals surface area contributed by atoms with E-state index < -0.39 is 17.9 Å². The largest absolute Gasteiger partial charge is 0.481 e. The minimum Gasteiger partial charge on any atom is -0.481 e. The highest BCUT2D eigenvalue weighted by molar-refractivity contribution is 5.94. The number of amides is 1. The van der Waals surface area contributed by atoms with Gasteiger partial charge < -0.3 is 16.2 Å². The van der Waals surface area contributed by atoms with E-state index in [0.29, 0.717) is 5.82 Å². The van der Waals surface area contributed by atoms with Gasteiger partial charge in [0.2, 0.25) is 5.91 Å². The van der Waals surface area contributed by atoms with Gasteiger partial charge in [0.1, 0.15) is 5.82 Å². The van der Waals surface area contributed by atoms with Gasteiger partial charge in [-0.3, -0.25) is 9.59 Å². The fraction of sp³-hybridized carbons (Fsp3) is 0.545. The minimum atomic E-state index is -0.967. The van der Waals surface area contributed by atoms with Crippen molar-refractivity contribution < 1.29 is 14.7 Å². The molecule has 1 atom stereocenters. The summed E-state index contributed by atoms with van der Waals surface area (Å²) in [5.74, 6) is -0.815. The molecular formula is C11H18N4O3. The van der Waals surface area contributed by atoms with E-state index in [4.69, 9.17) is 10.8 Å². The van der Waals surface area contributed by atoms with Gasteiger partial charge >= 0.3 is 5.97 Å². The van der Waals surface area contributed by atoms with E-state index in [-0.39, 0.29) is 18.9 Å². The summed E-state index contributed by atoms with van der Waals surface area (Å²) in [6.45, 7) is 3.88. The number of nitrogens with one attached hydrogen (secondary N) is 1. The Balaban J connectivity index is 2.58. The second-order valence-electron chi connectivity index (χ2n) is 4.28. The van der Waals surface area contributed by atoms with Gasteiger partial charge in [-0.1, -0.05) is 0 Å². The third-order valence-corrected chi connectivity index (χ3v) is 2.42. The van der Waals surface area contributed by atoms with Gasteiger partial charge in [0.25, 0.3) is 0 Å². The molecule has 7 heteroatoms. The molecule has 4 N–H and O–H groups in total. The zero-order valence-corrected chi connectivity index (χ0v) is 10.5. The molecule has 0 saturated carbocycles. The number of hydrogen-bond donors (Lipinski definition) is 3. The van der Waals surface area contributed by atoms with Gasteiger partial charge in [-0.2, -0.15) is 5.10 Å². The SMILES string of the molecule is CC(C)n1nccc1NC(=O)C(N)CCC(=O)O. The van der Waals surface area contributed by atoms with Gasteiger partial charge in [0.05, 0.1) is 12.2 Å². The van der Waals surface area contributed by atoms with Gasteiger partial charge in [0, 0.05) is 18.5 Å². The van der Waals surface area contributed by atoms with Crippen LogP contribution in [0.4, 0.5) is 5.82 Å². The fourth-order valence-corrected chi connectivity index (χ4v) is 1.45. The van der Waals surface area contributed by atoms with E-state index in [1.807, 2.05) is 13.8 Å². The fourth-order valence-electron chi connectivity index (χ4n) is 1.45. The predicted octanol–water partition coefficient (Wildman–Crippen LogP) is 0.595. The summed E-state index contributed by atoms with van der Waals surface area (Å²) in [6.07, 6.45) is 1.56. The molecule has 1 unspecified atom stereocenters. The maximum atomic E-state index is 11.7. The number of carboxylic acid groups (broad SMARTS) is 1. The number of carboxylic acids is 1. The van der Waals surface area contributed by atoms with Crippen LogP contribution in [0.5, 0.6) is 0 Å². The van der Waals surface area contributed by atoms with Crippen LogP contribution < -0.4 is 11.1 Å². The molecule has 0 saturated heterocycles. The van der Waals surface area contributed by atoms with Crippen LogP contribution in [0.15, 0.2) is 12.3 Å². The Bertz CT molecular complexity index is 428. The molecule has 1 aromatic rings. The van der Waals surface area contributed by atoms with Crippen LogP contribution in [-0.4, -0.2) is 32.8 Å². The van der Waals surface area contributed by atoms with E-state index in [9.17, 15) is 9.59 Å². The zero-order valence-electron chi connectivity index (χ0n) is 10.5. The number of nitrogens with zero attached hydrogens (tertiary/aromatic N) is 2. The Kier molecular flexibility index (Phi) is 4.85. The zero-order chi connectivity index (χ0) is 13.7. The Morgan fingerprint density at radius 2 is 2.22 bits per heavy atom. The Hall–Kier alpha value is -1.89. The number of aliphatic carboxylic acids is 1. The summed E-state index contributed by atoms with van der Waals surface area (Å²) in [5.41, 5.74) is 5.60. The lowest BCUT2D eigenvalue weighted by atomic mass is 10.1. The second kappa shape index (κ2) is 6.15. The van der Waals surface area contributed by atoms with Crippen molar-refractivity contribution in [1.82, 2.24) is 9.78 Å². The Morgan fingerprint density at radius 1 is 1.56 bits per heavy atom. The molecule has 0 spiro atoms. The van der Waals surface area contributed by atoms with E-state index >= 15 is 0 Å². The smallest absolute Gasteiger partial charge is 0.303 e. The summed E-state index contributed by atoms with van der Waals surface area (Å²) in [5, 5.41) is 15.2. The molecule has 1 aromatic heterocycles. The number of carbonyl (C=O) groups is 2. The van der Waals surface area contributed by atoms with Crippen LogP contribution in [0.25, 0.3) is 0 Å². The van der Waals surface area contributed by atoms with Crippen molar-refractivity contribution in [2.75, 3.05) is 5.32 Å². The average Bonchev–Trinajstić information content (AvgIpc) is 2.73. The minimum absolute atomic E-state index is 0.108. The van der Waals surface area contributed by atoms with Crippen molar-refractivity contribution in [3.05, 3.63) is 12.3 Å². The first-order chi connectivity index (χ1) is 8.41. The van der Waals surface area contributed by atoms with E-state index in [1.54, 1.807) is 16.9 Å². The number of anilines is 1. The quantitative estimate of drug-likeness (QED) is 0.688. The third-order valence-electron chi connectivity index (χ3n) is 2.42. The van der Waals surface area contributed by atoms with Gasteiger partial charge in [-0.15, -0.1) is 0 Å².